The summed E-state index contributed by atoms with van der Waals surface area (Å²) >= 11 is 0. The molecule has 1 heterocycles. The van der Waals surface area contributed by atoms with Crippen LogP contribution in [0.5, 0.6) is 23.0 Å². The van der Waals surface area contributed by atoms with E-state index in [4.69, 9.17) is 14.2 Å². The molecule has 0 fully saturated rings. The highest BCUT2D eigenvalue weighted by molar-refractivity contribution is 6.06. The minimum absolute atomic E-state index is 0.132. The van der Waals surface area contributed by atoms with Crippen molar-refractivity contribution in [3.63, 3.8) is 0 Å². The normalized spacial score (nSPS) is 12.6. The standard InChI is InChI=1S/C17H15F2NO5/c1-22-12-6-5-10(9-14(12)25-17(18)19)20-16(21)11-3-2-4-13-15(11)24-8-7-23-13/h2-6,9,17H,7-8H2,1H3,(H,20,21). The van der Waals surface area contributed by atoms with Gasteiger partial charge in [0, 0.05) is 11.8 Å². The Bertz CT molecular complexity index is 782. The van der Waals surface area contributed by atoms with Gasteiger partial charge in [-0.25, -0.2) is 0 Å². The van der Waals surface area contributed by atoms with Crippen molar-refractivity contribution >= 4 is 11.6 Å². The Morgan fingerprint density at radius 3 is 2.72 bits per heavy atom. The summed E-state index contributed by atoms with van der Waals surface area (Å²) in [6, 6.07) is 9.16. The summed E-state index contributed by atoms with van der Waals surface area (Å²) in [7, 11) is 1.33. The SMILES string of the molecule is COc1ccc(NC(=O)c2cccc3c2OCCO3)cc1OC(F)F. The van der Waals surface area contributed by atoms with E-state index in [0.29, 0.717) is 24.7 Å². The minimum atomic E-state index is -3.01. The van der Waals surface area contributed by atoms with Crippen molar-refractivity contribution < 1.29 is 32.5 Å². The first-order valence-corrected chi connectivity index (χ1v) is 7.41. The molecule has 0 radical (unpaired) electrons. The van der Waals surface area contributed by atoms with Gasteiger partial charge in [0.15, 0.2) is 23.0 Å². The van der Waals surface area contributed by atoms with Gasteiger partial charge in [0.2, 0.25) is 0 Å². The van der Waals surface area contributed by atoms with Crippen LogP contribution in [0.2, 0.25) is 0 Å². The highest BCUT2D eigenvalue weighted by atomic mass is 19.3. The second-order valence-electron chi connectivity index (χ2n) is 5.03. The van der Waals surface area contributed by atoms with Gasteiger partial charge >= 0.3 is 6.61 Å². The topological polar surface area (TPSA) is 66.0 Å². The molecular weight excluding hydrogens is 336 g/mol. The molecule has 1 N–H and O–H groups in total. The predicted octanol–water partition coefficient (Wildman–Crippen LogP) is 3.32. The number of amides is 1. The number of carbonyl (C=O) groups is 1. The number of hydrogen-bond acceptors (Lipinski definition) is 5. The maximum absolute atomic E-state index is 12.5. The molecule has 0 saturated heterocycles. The highest BCUT2D eigenvalue weighted by Gasteiger charge is 2.21. The number of carbonyl (C=O) groups excluding carboxylic acids is 1. The van der Waals surface area contributed by atoms with Crippen LogP contribution in [0.4, 0.5) is 14.5 Å². The zero-order chi connectivity index (χ0) is 17.8. The number of anilines is 1. The molecule has 132 valence electrons. The van der Waals surface area contributed by atoms with Crippen molar-refractivity contribution in [2.45, 2.75) is 6.61 Å². The summed E-state index contributed by atoms with van der Waals surface area (Å²) in [5, 5.41) is 2.62. The fraction of sp³-hybridized carbons (Fsp3) is 0.235. The van der Waals surface area contributed by atoms with E-state index in [1.54, 1.807) is 18.2 Å². The lowest BCUT2D eigenvalue weighted by molar-refractivity contribution is -0.0511. The molecule has 0 aliphatic carbocycles. The molecule has 2 aromatic rings. The van der Waals surface area contributed by atoms with Gasteiger partial charge < -0.3 is 24.3 Å². The second kappa shape index (κ2) is 7.25. The van der Waals surface area contributed by atoms with Crippen LogP contribution >= 0.6 is 0 Å². The lowest BCUT2D eigenvalue weighted by atomic mass is 10.1. The largest absolute Gasteiger partial charge is 0.493 e. The number of nitrogens with one attached hydrogen (secondary N) is 1. The van der Waals surface area contributed by atoms with E-state index in [1.165, 1.54) is 25.3 Å². The molecule has 0 atom stereocenters. The Balaban J connectivity index is 1.84. The van der Waals surface area contributed by atoms with Gasteiger partial charge in [-0.05, 0) is 24.3 Å². The maximum Gasteiger partial charge on any atom is 0.387 e. The van der Waals surface area contributed by atoms with Crippen molar-refractivity contribution in [1.29, 1.82) is 0 Å². The quantitative estimate of drug-likeness (QED) is 0.895. The fourth-order valence-corrected chi connectivity index (χ4v) is 2.39. The number of benzene rings is 2. The smallest absolute Gasteiger partial charge is 0.387 e. The van der Waals surface area contributed by atoms with Crippen LogP contribution in [0, 0.1) is 0 Å². The van der Waals surface area contributed by atoms with Crippen LogP contribution < -0.4 is 24.3 Å². The highest BCUT2D eigenvalue weighted by Crippen LogP contribution is 2.35. The summed E-state index contributed by atoms with van der Waals surface area (Å²) in [6.45, 7) is -2.26. The Morgan fingerprint density at radius 1 is 1.16 bits per heavy atom. The van der Waals surface area contributed by atoms with E-state index in [2.05, 4.69) is 10.1 Å². The average molecular weight is 351 g/mol. The van der Waals surface area contributed by atoms with Gasteiger partial charge in [-0.2, -0.15) is 8.78 Å². The van der Waals surface area contributed by atoms with Crippen LogP contribution in [-0.4, -0.2) is 32.8 Å². The molecule has 8 heteroatoms. The average Bonchev–Trinajstić information content (AvgIpc) is 2.61. The molecule has 3 rings (SSSR count). The summed E-state index contributed by atoms with van der Waals surface area (Å²) in [4.78, 5) is 12.5. The molecule has 2 aromatic carbocycles. The molecule has 0 spiro atoms. The monoisotopic (exact) mass is 351 g/mol. The Hall–Kier alpha value is -3.03. The Labute approximate surface area is 142 Å². The van der Waals surface area contributed by atoms with E-state index in [0.717, 1.165) is 0 Å². The van der Waals surface area contributed by atoms with Gasteiger partial charge in [-0.3, -0.25) is 4.79 Å². The van der Waals surface area contributed by atoms with E-state index in [-0.39, 0.29) is 22.7 Å². The summed E-state index contributed by atoms with van der Waals surface area (Å²) in [5.41, 5.74) is 0.556. The van der Waals surface area contributed by atoms with Gasteiger partial charge in [-0.1, -0.05) is 6.07 Å². The minimum Gasteiger partial charge on any atom is -0.493 e. The van der Waals surface area contributed by atoms with Crippen LogP contribution in [0.15, 0.2) is 36.4 Å². The molecule has 0 bridgehead atoms. The number of para-hydroxylation sites is 1. The molecular formula is C17H15F2NO5. The van der Waals surface area contributed by atoms with Gasteiger partial charge in [-0.15, -0.1) is 0 Å². The van der Waals surface area contributed by atoms with Crippen LogP contribution in [0.1, 0.15) is 10.4 Å². The lowest BCUT2D eigenvalue weighted by Gasteiger charge is -2.20. The molecule has 0 unspecified atom stereocenters. The first-order chi connectivity index (χ1) is 12.1. The van der Waals surface area contributed by atoms with Crippen LogP contribution in [-0.2, 0) is 0 Å². The van der Waals surface area contributed by atoms with Crippen molar-refractivity contribution in [3.05, 3.63) is 42.0 Å². The van der Waals surface area contributed by atoms with Crippen molar-refractivity contribution in [2.75, 3.05) is 25.6 Å². The molecule has 1 aliphatic heterocycles. The van der Waals surface area contributed by atoms with Crippen molar-refractivity contribution in [2.24, 2.45) is 0 Å². The first-order valence-electron chi connectivity index (χ1n) is 7.41. The number of methoxy groups -OCH3 is 1. The molecule has 1 aliphatic rings. The van der Waals surface area contributed by atoms with E-state index < -0.39 is 12.5 Å². The number of halogens is 2. The number of hydrogen-bond donors (Lipinski definition) is 1. The molecule has 1 amide bonds. The van der Waals surface area contributed by atoms with E-state index >= 15 is 0 Å². The zero-order valence-corrected chi connectivity index (χ0v) is 13.3. The molecule has 25 heavy (non-hydrogen) atoms. The summed E-state index contributed by atoms with van der Waals surface area (Å²) < 4.78 is 45.3. The van der Waals surface area contributed by atoms with Crippen molar-refractivity contribution in [3.8, 4) is 23.0 Å². The third-order valence-corrected chi connectivity index (χ3v) is 3.45. The first kappa shape index (κ1) is 16.8. The third kappa shape index (κ3) is 3.73. The Morgan fingerprint density at radius 2 is 1.96 bits per heavy atom. The molecule has 0 aromatic heterocycles. The lowest BCUT2D eigenvalue weighted by Crippen LogP contribution is -2.20. The predicted molar refractivity (Wildman–Crippen MR) is 85.0 cm³/mol. The van der Waals surface area contributed by atoms with Crippen LogP contribution in [0.25, 0.3) is 0 Å². The molecule has 6 nitrogen and oxygen atoms in total. The number of ether oxygens (including phenoxy) is 4. The fourth-order valence-electron chi connectivity index (χ4n) is 2.39. The van der Waals surface area contributed by atoms with Gasteiger partial charge in [0.05, 0.1) is 12.7 Å². The number of fused-ring (bicyclic) bond motifs is 1. The van der Waals surface area contributed by atoms with E-state index in [1.807, 2.05) is 0 Å². The third-order valence-electron chi connectivity index (χ3n) is 3.45. The van der Waals surface area contributed by atoms with Gasteiger partial charge in [0.25, 0.3) is 5.91 Å². The Kier molecular flexibility index (Phi) is 4.87. The van der Waals surface area contributed by atoms with E-state index in [9.17, 15) is 13.6 Å². The van der Waals surface area contributed by atoms with Gasteiger partial charge in [0.1, 0.15) is 13.2 Å². The second-order valence-corrected chi connectivity index (χ2v) is 5.03. The maximum atomic E-state index is 12.5. The summed E-state index contributed by atoms with van der Waals surface area (Å²) in [5.74, 6) is 0.326. The molecule has 0 saturated carbocycles. The number of alkyl halides is 2. The number of rotatable bonds is 5. The zero-order valence-electron chi connectivity index (χ0n) is 13.3. The van der Waals surface area contributed by atoms with Crippen LogP contribution in [0.3, 0.4) is 0 Å². The van der Waals surface area contributed by atoms with Crippen molar-refractivity contribution in [1.82, 2.24) is 0 Å². The summed E-state index contributed by atoms with van der Waals surface area (Å²) in [6.07, 6.45) is 0.